The largest absolute Gasteiger partial charge is 0.444 e. The van der Waals surface area contributed by atoms with E-state index in [9.17, 15) is 18.0 Å². The molecule has 1 aromatic rings. The van der Waals surface area contributed by atoms with E-state index in [0.29, 0.717) is 44.0 Å². The van der Waals surface area contributed by atoms with Crippen LogP contribution in [-0.4, -0.2) is 76.3 Å². The average molecular weight is 526 g/mol. The first-order valence-electron chi connectivity index (χ1n) is 12.5. The number of nitrogens with zero attached hydrogens (tertiary/aromatic N) is 3. The zero-order valence-corrected chi connectivity index (χ0v) is 22.3. The molecule has 0 radical (unpaired) electrons. The minimum atomic E-state index is -3.59. The van der Waals surface area contributed by atoms with Gasteiger partial charge in [0.2, 0.25) is 0 Å². The molecule has 35 heavy (non-hydrogen) atoms. The third-order valence-electron chi connectivity index (χ3n) is 7.60. The van der Waals surface area contributed by atoms with Crippen molar-refractivity contribution < 1.29 is 22.7 Å². The maximum atomic E-state index is 13.6. The van der Waals surface area contributed by atoms with Gasteiger partial charge in [0.25, 0.3) is 16.1 Å². The zero-order chi connectivity index (χ0) is 25.1. The maximum absolute atomic E-state index is 13.6. The van der Waals surface area contributed by atoms with Gasteiger partial charge in [0.05, 0.1) is 0 Å². The Kier molecular flexibility index (Phi) is 6.38. The van der Waals surface area contributed by atoms with Gasteiger partial charge in [-0.05, 0) is 76.4 Å². The number of aromatic nitrogens is 1. The number of rotatable bonds is 6. The summed E-state index contributed by atoms with van der Waals surface area (Å²) in [6, 6.07) is 1.64. The zero-order valence-electron chi connectivity index (χ0n) is 20.7. The molecule has 5 atom stereocenters. The van der Waals surface area contributed by atoms with Crippen molar-refractivity contribution in [2.45, 2.75) is 89.6 Å². The van der Waals surface area contributed by atoms with Crippen molar-refractivity contribution >= 4 is 33.7 Å². The van der Waals surface area contributed by atoms with E-state index in [1.165, 1.54) is 11.5 Å². The molecule has 2 aliphatic carbocycles. The first-order valence-corrected chi connectivity index (χ1v) is 14.7. The Bertz CT molecular complexity index is 1090. The summed E-state index contributed by atoms with van der Waals surface area (Å²) in [6.45, 7) is 8.22. The van der Waals surface area contributed by atoms with Crippen molar-refractivity contribution in [3.63, 3.8) is 0 Å². The Labute approximate surface area is 211 Å². The molecule has 5 aliphatic rings. The molecule has 5 fully saturated rings. The summed E-state index contributed by atoms with van der Waals surface area (Å²) in [5, 5.41) is 6.00. The molecular weight excluding hydrogens is 490 g/mol. The topological polar surface area (TPSA) is 121 Å². The molecule has 0 aromatic carbocycles. The van der Waals surface area contributed by atoms with E-state index in [1.54, 1.807) is 8.61 Å². The summed E-state index contributed by atoms with van der Waals surface area (Å²) in [5.41, 5.74) is -0.115. The van der Waals surface area contributed by atoms with Crippen LogP contribution in [0.4, 0.5) is 4.79 Å². The second-order valence-corrected chi connectivity index (χ2v) is 13.8. The van der Waals surface area contributed by atoms with Gasteiger partial charge in [0, 0.05) is 48.1 Å². The Morgan fingerprint density at radius 1 is 1.20 bits per heavy atom. The molecule has 3 saturated heterocycles. The lowest BCUT2D eigenvalue weighted by Crippen LogP contribution is -2.57. The number of hydrogen-bond donors (Lipinski definition) is 2. The molecule has 1 aromatic heterocycles. The minimum absolute atomic E-state index is 0.00163. The van der Waals surface area contributed by atoms with Crippen LogP contribution >= 0.6 is 11.5 Å². The van der Waals surface area contributed by atoms with Crippen LogP contribution in [0.25, 0.3) is 0 Å². The highest BCUT2D eigenvalue weighted by Gasteiger charge is 2.71. The number of carbonyl (C=O) groups excluding carboxylic acids is 2. The molecule has 10 nitrogen and oxygen atoms in total. The number of carbonyl (C=O) groups is 2. The SMILES string of the molecule is CCc1cc(C(=O)N[C@H]2C[C@H]3CC4C2[C@H]4N3S(=O)(=O)N2CCC(NC(=O)OC(C)(C)C)CC2)ns1. The molecule has 2 N–H and O–H groups in total. The molecule has 2 saturated carbocycles. The van der Waals surface area contributed by atoms with Crippen molar-refractivity contribution in [3.05, 3.63) is 16.6 Å². The van der Waals surface area contributed by atoms with E-state index in [4.69, 9.17) is 4.74 Å². The van der Waals surface area contributed by atoms with Crippen LogP contribution in [0.15, 0.2) is 6.07 Å². The molecule has 2 unspecified atom stereocenters. The van der Waals surface area contributed by atoms with E-state index in [2.05, 4.69) is 15.0 Å². The van der Waals surface area contributed by atoms with Crippen LogP contribution in [0, 0.1) is 11.8 Å². The van der Waals surface area contributed by atoms with Gasteiger partial charge in [-0.2, -0.15) is 21.4 Å². The van der Waals surface area contributed by atoms with E-state index in [0.717, 1.165) is 17.7 Å². The predicted octanol–water partition coefficient (Wildman–Crippen LogP) is 2.13. The standard InChI is InChI=1S/C23H35N5O5S2/c1-5-15-12-18(26-34-15)21(29)25-17-11-14-10-16-19(17)20(16)28(14)35(31,32)27-8-6-13(7-9-27)24-22(30)33-23(2,3)4/h12-14,16-17,19-20H,5-11H2,1-4H3,(H,24,30)(H,25,29)/t14-,16?,17+,19?,20+/m1/s1. The van der Waals surface area contributed by atoms with Crippen LogP contribution in [0.2, 0.25) is 0 Å². The lowest BCUT2D eigenvalue weighted by atomic mass is 9.90. The summed E-state index contributed by atoms with van der Waals surface area (Å²) < 4.78 is 40.0. The smallest absolute Gasteiger partial charge is 0.407 e. The third-order valence-corrected chi connectivity index (χ3v) is 10.6. The van der Waals surface area contributed by atoms with Crippen molar-refractivity contribution in [2.24, 2.45) is 11.8 Å². The Balaban J connectivity index is 1.16. The number of amides is 2. The summed E-state index contributed by atoms with van der Waals surface area (Å²) >= 11 is 1.35. The fourth-order valence-corrected chi connectivity index (χ4v) is 8.79. The lowest BCUT2D eigenvalue weighted by Gasteiger charge is -2.41. The average Bonchev–Trinajstić information content (AvgIpc) is 3.15. The third kappa shape index (κ3) is 4.82. The quantitative estimate of drug-likeness (QED) is 0.587. The Morgan fingerprint density at radius 2 is 1.91 bits per heavy atom. The lowest BCUT2D eigenvalue weighted by molar-refractivity contribution is 0.0489. The van der Waals surface area contributed by atoms with E-state index < -0.39 is 21.9 Å². The molecule has 194 valence electrons. The first kappa shape index (κ1) is 24.9. The van der Waals surface area contributed by atoms with Gasteiger partial charge >= 0.3 is 6.09 Å². The summed E-state index contributed by atoms with van der Waals surface area (Å²) in [6.07, 6.45) is 3.01. The molecule has 4 heterocycles. The number of ether oxygens (including phenoxy) is 1. The van der Waals surface area contributed by atoms with Gasteiger partial charge in [-0.3, -0.25) is 4.79 Å². The normalized spacial score (nSPS) is 31.3. The molecule has 3 aliphatic heterocycles. The van der Waals surface area contributed by atoms with Crippen molar-refractivity contribution in [2.75, 3.05) is 13.1 Å². The molecule has 12 heteroatoms. The Morgan fingerprint density at radius 3 is 2.51 bits per heavy atom. The van der Waals surface area contributed by atoms with Gasteiger partial charge in [-0.15, -0.1) is 0 Å². The summed E-state index contributed by atoms with van der Waals surface area (Å²) in [4.78, 5) is 25.8. The maximum Gasteiger partial charge on any atom is 0.407 e. The van der Waals surface area contributed by atoms with Gasteiger partial charge in [-0.1, -0.05) is 6.92 Å². The number of piperidine rings is 3. The number of aryl methyl sites for hydroxylation is 1. The molecule has 2 amide bonds. The molecular formula is C23H35N5O5S2. The summed E-state index contributed by atoms with van der Waals surface area (Å²) in [5.74, 6) is 0.336. The molecule has 6 rings (SSSR count). The second-order valence-electron chi connectivity index (χ2n) is 11.1. The van der Waals surface area contributed by atoms with Gasteiger partial charge in [0.1, 0.15) is 11.3 Å². The van der Waals surface area contributed by atoms with Crippen molar-refractivity contribution in [1.29, 1.82) is 0 Å². The number of alkyl carbamates (subject to hydrolysis) is 1. The van der Waals surface area contributed by atoms with Crippen LogP contribution in [0.5, 0.6) is 0 Å². The minimum Gasteiger partial charge on any atom is -0.444 e. The second kappa shape index (κ2) is 8.97. The summed E-state index contributed by atoms with van der Waals surface area (Å²) in [7, 11) is -3.59. The molecule has 4 bridgehead atoms. The van der Waals surface area contributed by atoms with Crippen LogP contribution in [0.1, 0.15) is 68.7 Å². The Hall–Kier alpha value is -1.76. The number of fused-ring (bicyclic) bond motifs is 1. The highest BCUT2D eigenvalue weighted by Crippen LogP contribution is 2.62. The van der Waals surface area contributed by atoms with Crippen molar-refractivity contribution in [3.8, 4) is 0 Å². The first-order chi connectivity index (χ1) is 16.5. The van der Waals surface area contributed by atoms with Crippen molar-refractivity contribution in [1.82, 2.24) is 23.6 Å². The number of nitrogens with one attached hydrogen (secondary N) is 2. The van der Waals surface area contributed by atoms with Crippen LogP contribution < -0.4 is 10.6 Å². The fourth-order valence-electron chi connectivity index (χ4n) is 6.05. The highest BCUT2D eigenvalue weighted by molar-refractivity contribution is 7.86. The van der Waals surface area contributed by atoms with E-state index in [1.807, 2.05) is 33.8 Å². The van der Waals surface area contributed by atoms with Gasteiger partial charge in [0.15, 0.2) is 0 Å². The predicted molar refractivity (Wildman–Crippen MR) is 131 cm³/mol. The van der Waals surface area contributed by atoms with Gasteiger partial charge < -0.3 is 15.4 Å². The number of hydrogen-bond acceptors (Lipinski definition) is 7. The van der Waals surface area contributed by atoms with E-state index in [-0.39, 0.29) is 36.0 Å². The fraction of sp³-hybridized carbons (Fsp3) is 0.783. The van der Waals surface area contributed by atoms with E-state index >= 15 is 0 Å². The van der Waals surface area contributed by atoms with Crippen LogP contribution in [-0.2, 0) is 21.4 Å². The highest BCUT2D eigenvalue weighted by atomic mass is 32.2. The molecule has 0 spiro atoms. The van der Waals surface area contributed by atoms with Crippen LogP contribution in [0.3, 0.4) is 0 Å². The van der Waals surface area contributed by atoms with Gasteiger partial charge in [-0.25, -0.2) is 4.79 Å². The monoisotopic (exact) mass is 525 g/mol.